The van der Waals surface area contributed by atoms with Crippen LogP contribution < -0.4 is 4.74 Å². The molecule has 0 aromatic heterocycles. The summed E-state index contributed by atoms with van der Waals surface area (Å²) >= 11 is 0. The Morgan fingerprint density at radius 2 is 2.12 bits per heavy atom. The van der Waals surface area contributed by atoms with E-state index in [2.05, 4.69) is 17.0 Å². The standard InChI is InChI=1S/C13H19NO2/c1-16-13-4-2-11(3-5-13)6-8-14-9-7-12(15)10-14/h2-5,12,15H,6-10H2,1H3. The van der Waals surface area contributed by atoms with Gasteiger partial charge in [0, 0.05) is 19.6 Å². The molecular formula is C13H19NO2. The Hall–Kier alpha value is -1.06. The van der Waals surface area contributed by atoms with Gasteiger partial charge in [-0.25, -0.2) is 0 Å². The van der Waals surface area contributed by atoms with Crippen molar-refractivity contribution in [1.29, 1.82) is 0 Å². The number of aliphatic hydroxyl groups is 1. The van der Waals surface area contributed by atoms with Gasteiger partial charge in [0.1, 0.15) is 5.75 Å². The number of β-amino-alcohol motifs (C(OH)–C–C–N with tert-alkyl or cyclic N) is 1. The molecule has 1 aromatic rings. The Balaban J connectivity index is 1.80. The van der Waals surface area contributed by atoms with Gasteiger partial charge in [-0.2, -0.15) is 0 Å². The smallest absolute Gasteiger partial charge is 0.118 e. The molecule has 0 bridgehead atoms. The summed E-state index contributed by atoms with van der Waals surface area (Å²) in [6, 6.07) is 8.19. The summed E-state index contributed by atoms with van der Waals surface area (Å²) in [6.07, 6.45) is 1.84. The van der Waals surface area contributed by atoms with Crippen molar-refractivity contribution >= 4 is 0 Å². The fraction of sp³-hybridized carbons (Fsp3) is 0.538. The Kier molecular flexibility index (Phi) is 3.80. The van der Waals surface area contributed by atoms with E-state index in [4.69, 9.17) is 4.74 Å². The SMILES string of the molecule is COc1ccc(CCN2CCC(O)C2)cc1. The van der Waals surface area contributed by atoms with E-state index < -0.39 is 0 Å². The van der Waals surface area contributed by atoms with Crippen LogP contribution in [0.1, 0.15) is 12.0 Å². The molecule has 1 aliphatic rings. The van der Waals surface area contributed by atoms with Crippen molar-refractivity contribution in [2.45, 2.75) is 18.9 Å². The van der Waals surface area contributed by atoms with Gasteiger partial charge < -0.3 is 14.7 Å². The van der Waals surface area contributed by atoms with Crippen LogP contribution in [0.15, 0.2) is 24.3 Å². The zero-order valence-corrected chi connectivity index (χ0v) is 9.72. The summed E-state index contributed by atoms with van der Waals surface area (Å²) in [7, 11) is 1.68. The molecule has 1 N–H and O–H groups in total. The van der Waals surface area contributed by atoms with Crippen molar-refractivity contribution in [2.75, 3.05) is 26.7 Å². The zero-order chi connectivity index (χ0) is 11.4. The molecule has 2 rings (SSSR count). The lowest BCUT2D eigenvalue weighted by molar-refractivity contribution is 0.177. The van der Waals surface area contributed by atoms with E-state index in [9.17, 15) is 5.11 Å². The number of hydrogen-bond donors (Lipinski definition) is 1. The molecule has 0 radical (unpaired) electrons. The van der Waals surface area contributed by atoms with Gasteiger partial charge in [-0.3, -0.25) is 0 Å². The average Bonchev–Trinajstić information content (AvgIpc) is 2.73. The summed E-state index contributed by atoms with van der Waals surface area (Å²) in [5.41, 5.74) is 1.32. The van der Waals surface area contributed by atoms with Crippen LogP contribution in [-0.4, -0.2) is 42.9 Å². The molecule has 1 saturated heterocycles. The number of ether oxygens (including phenoxy) is 1. The molecule has 1 heterocycles. The molecular weight excluding hydrogens is 202 g/mol. The van der Waals surface area contributed by atoms with Crippen molar-refractivity contribution in [2.24, 2.45) is 0 Å². The highest BCUT2D eigenvalue weighted by atomic mass is 16.5. The van der Waals surface area contributed by atoms with E-state index in [0.29, 0.717) is 0 Å². The molecule has 1 fully saturated rings. The Morgan fingerprint density at radius 3 is 2.69 bits per heavy atom. The summed E-state index contributed by atoms with van der Waals surface area (Å²) in [5.74, 6) is 0.903. The maximum Gasteiger partial charge on any atom is 0.118 e. The Bertz CT molecular complexity index is 323. The van der Waals surface area contributed by atoms with Crippen molar-refractivity contribution < 1.29 is 9.84 Å². The number of aliphatic hydroxyl groups excluding tert-OH is 1. The van der Waals surface area contributed by atoms with Crippen molar-refractivity contribution in [1.82, 2.24) is 4.90 Å². The highest BCUT2D eigenvalue weighted by molar-refractivity contribution is 5.27. The number of rotatable bonds is 4. The molecule has 0 amide bonds. The molecule has 3 nitrogen and oxygen atoms in total. The van der Waals surface area contributed by atoms with Gasteiger partial charge in [0.2, 0.25) is 0 Å². The first kappa shape index (κ1) is 11.4. The Labute approximate surface area is 96.6 Å². The molecule has 1 atom stereocenters. The third kappa shape index (κ3) is 2.97. The van der Waals surface area contributed by atoms with E-state index in [1.807, 2.05) is 12.1 Å². The highest BCUT2D eigenvalue weighted by Gasteiger charge is 2.19. The fourth-order valence-corrected chi connectivity index (χ4v) is 2.09. The van der Waals surface area contributed by atoms with Gasteiger partial charge in [0.15, 0.2) is 0 Å². The van der Waals surface area contributed by atoms with Crippen LogP contribution in [0, 0.1) is 0 Å². The zero-order valence-electron chi connectivity index (χ0n) is 9.72. The van der Waals surface area contributed by atoms with E-state index in [-0.39, 0.29) is 6.10 Å². The van der Waals surface area contributed by atoms with Crippen LogP contribution in [0.3, 0.4) is 0 Å². The number of methoxy groups -OCH3 is 1. The predicted octanol–water partition coefficient (Wildman–Crippen LogP) is 1.30. The van der Waals surface area contributed by atoms with E-state index in [0.717, 1.165) is 38.2 Å². The summed E-state index contributed by atoms with van der Waals surface area (Å²) < 4.78 is 5.12. The monoisotopic (exact) mass is 221 g/mol. The largest absolute Gasteiger partial charge is 0.497 e. The van der Waals surface area contributed by atoms with Crippen LogP contribution in [-0.2, 0) is 6.42 Å². The van der Waals surface area contributed by atoms with Crippen LogP contribution >= 0.6 is 0 Å². The lowest BCUT2D eigenvalue weighted by atomic mass is 10.1. The minimum absolute atomic E-state index is 0.115. The fourth-order valence-electron chi connectivity index (χ4n) is 2.09. The predicted molar refractivity (Wildman–Crippen MR) is 63.8 cm³/mol. The molecule has 0 saturated carbocycles. The molecule has 1 aliphatic heterocycles. The van der Waals surface area contributed by atoms with Gasteiger partial charge in [-0.05, 0) is 30.5 Å². The Morgan fingerprint density at radius 1 is 1.38 bits per heavy atom. The quantitative estimate of drug-likeness (QED) is 0.832. The maximum absolute atomic E-state index is 9.41. The molecule has 88 valence electrons. The molecule has 16 heavy (non-hydrogen) atoms. The van der Waals surface area contributed by atoms with E-state index in [1.54, 1.807) is 7.11 Å². The van der Waals surface area contributed by atoms with Gasteiger partial charge in [-0.15, -0.1) is 0 Å². The third-order valence-corrected chi connectivity index (χ3v) is 3.12. The third-order valence-electron chi connectivity index (χ3n) is 3.12. The van der Waals surface area contributed by atoms with Crippen LogP contribution in [0.2, 0.25) is 0 Å². The number of nitrogens with zero attached hydrogens (tertiary/aromatic N) is 1. The summed E-state index contributed by atoms with van der Waals surface area (Å²) in [5, 5.41) is 9.41. The minimum Gasteiger partial charge on any atom is -0.497 e. The second-order valence-corrected chi connectivity index (χ2v) is 4.34. The van der Waals surface area contributed by atoms with E-state index in [1.165, 1.54) is 5.56 Å². The van der Waals surface area contributed by atoms with Gasteiger partial charge in [0.25, 0.3) is 0 Å². The first-order valence-corrected chi connectivity index (χ1v) is 5.81. The highest BCUT2D eigenvalue weighted by Crippen LogP contribution is 2.13. The number of hydrogen-bond acceptors (Lipinski definition) is 3. The first-order valence-electron chi connectivity index (χ1n) is 5.81. The lowest BCUT2D eigenvalue weighted by Gasteiger charge is -2.14. The second-order valence-electron chi connectivity index (χ2n) is 4.34. The van der Waals surface area contributed by atoms with Crippen molar-refractivity contribution in [3.63, 3.8) is 0 Å². The number of benzene rings is 1. The normalized spacial score (nSPS) is 21.2. The molecule has 1 unspecified atom stereocenters. The number of likely N-dealkylation sites (tertiary alicyclic amines) is 1. The first-order chi connectivity index (χ1) is 7.78. The van der Waals surface area contributed by atoms with E-state index >= 15 is 0 Å². The lowest BCUT2D eigenvalue weighted by Crippen LogP contribution is -2.24. The van der Waals surface area contributed by atoms with Gasteiger partial charge in [0.05, 0.1) is 13.2 Å². The summed E-state index contributed by atoms with van der Waals surface area (Å²) in [6.45, 7) is 2.89. The molecule has 0 aliphatic carbocycles. The van der Waals surface area contributed by atoms with Gasteiger partial charge in [-0.1, -0.05) is 12.1 Å². The molecule has 0 spiro atoms. The van der Waals surface area contributed by atoms with Crippen molar-refractivity contribution in [3.05, 3.63) is 29.8 Å². The summed E-state index contributed by atoms with van der Waals surface area (Å²) in [4.78, 5) is 2.31. The minimum atomic E-state index is -0.115. The molecule has 1 aromatic carbocycles. The maximum atomic E-state index is 9.41. The molecule has 3 heteroatoms. The van der Waals surface area contributed by atoms with Crippen LogP contribution in [0.5, 0.6) is 5.75 Å². The topological polar surface area (TPSA) is 32.7 Å². The van der Waals surface area contributed by atoms with Gasteiger partial charge >= 0.3 is 0 Å². The van der Waals surface area contributed by atoms with Crippen LogP contribution in [0.4, 0.5) is 0 Å². The average molecular weight is 221 g/mol. The van der Waals surface area contributed by atoms with Crippen LogP contribution in [0.25, 0.3) is 0 Å². The van der Waals surface area contributed by atoms with Crippen molar-refractivity contribution in [3.8, 4) is 5.75 Å². The second kappa shape index (κ2) is 5.32.